The third kappa shape index (κ3) is 4.94. The molecule has 1 amide bonds. The largest absolute Gasteiger partial charge is 0.497 e. The molecule has 1 aliphatic rings. The molecule has 0 bridgehead atoms. The number of unbranched alkanes of at least 4 members (excludes halogenated alkanes) is 1. The van der Waals surface area contributed by atoms with Gasteiger partial charge in [0.1, 0.15) is 21.5 Å². The van der Waals surface area contributed by atoms with Gasteiger partial charge in [-0.05, 0) is 42.3 Å². The number of hydrogen-bond acceptors (Lipinski definition) is 7. The Hall–Kier alpha value is -3.17. The standard InChI is InChI=1S/C24H24N4O3S2/c1-3-4-12-28-23(30)19(33-24(28)32)14-18-21(25-15-16-8-10-17(31-2)11-9-16)26-20-7-5-6-13-27(20)22(18)29/h5-11,13-14,25H,3-4,12,15H2,1-2H3/b19-14-. The van der Waals surface area contributed by atoms with Crippen LogP contribution in [-0.4, -0.2) is 38.2 Å². The zero-order valence-corrected chi connectivity index (χ0v) is 20.0. The first-order chi connectivity index (χ1) is 16.0. The summed E-state index contributed by atoms with van der Waals surface area (Å²) in [5, 5.41) is 3.27. The molecule has 3 aromatic rings. The van der Waals surface area contributed by atoms with Crippen molar-refractivity contribution < 1.29 is 9.53 Å². The van der Waals surface area contributed by atoms with Crippen molar-refractivity contribution in [2.75, 3.05) is 19.0 Å². The Labute approximate surface area is 201 Å². The maximum absolute atomic E-state index is 13.3. The van der Waals surface area contributed by atoms with E-state index in [-0.39, 0.29) is 11.5 Å². The van der Waals surface area contributed by atoms with Gasteiger partial charge < -0.3 is 10.1 Å². The SMILES string of the molecule is CCCCN1C(=O)/C(=C/c2c(NCc3ccc(OC)cc3)nc3ccccn3c2=O)SC1=S. The molecule has 0 saturated carbocycles. The Kier molecular flexibility index (Phi) is 7.10. The van der Waals surface area contributed by atoms with Crippen molar-refractivity contribution in [1.29, 1.82) is 0 Å². The number of amides is 1. The Morgan fingerprint density at radius 1 is 1.18 bits per heavy atom. The number of rotatable bonds is 8. The fourth-order valence-corrected chi connectivity index (χ4v) is 4.73. The molecule has 1 fully saturated rings. The van der Waals surface area contributed by atoms with Gasteiger partial charge in [0, 0.05) is 19.3 Å². The van der Waals surface area contributed by atoms with Crippen LogP contribution in [0.1, 0.15) is 30.9 Å². The number of methoxy groups -OCH3 is 1. The summed E-state index contributed by atoms with van der Waals surface area (Å²) in [4.78, 5) is 33.0. The van der Waals surface area contributed by atoms with Crippen LogP contribution in [0.4, 0.5) is 5.82 Å². The van der Waals surface area contributed by atoms with Crippen molar-refractivity contribution in [1.82, 2.24) is 14.3 Å². The van der Waals surface area contributed by atoms with Crippen LogP contribution < -0.4 is 15.6 Å². The van der Waals surface area contributed by atoms with E-state index in [0.717, 1.165) is 24.2 Å². The molecule has 0 atom stereocenters. The summed E-state index contributed by atoms with van der Waals surface area (Å²) in [6.07, 6.45) is 5.11. The van der Waals surface area contributed by atoms with Crippen molar-refractivity contribution in [2.24, 2.45) is 0 Å². The molecule has 1 N–H and O–H groups in total. The first-order valence-corrected chi connectivity index (χ1v) is 11.9. The summed E-state index contributed by atoms with van der Waals surface area (Å²) >= 11 is 6.62. The summed E-state index contributed by atoms with van der Waals surface area (Å²) < 4.78 is 7.20. The van der Waals surface area contributed by atoms with Gasteiger partial charge in [0.05, 0.1) is 17.6 Å². The van der Waals surface area contributed by atoms with Crippen LogP contribution in [-0.2, 0) is 11.3 Å². The second-order valence-corrected chi connectivity index (χ2v) is 9.17. The number of thioether (sulfide) groups is 1. The molecule has 1 saturated heterocycles. The van der Waals surface area contributed by atoms with Gasteiger partial charge in [-0.2, -0.15) is 0 Å². The van der Waals surface area contributed by atoms with Crippen LogP contribution in [0.3, 0.4) is 0 Å². The minimum absolute atomic E-state index is 0.169. The quantitative estimate of drug-likeness (QED) is 0.380. The number of nitrogens with one attached hydrogen (secondary N) is 1. The molecule has 0 unspecified atom stereocenters. The Morgan fingerprint density at radius 3 is 2.70 bits per heavy atom. The van der Waals surface area contributed by atoms with E-state index >= 15 is 0 Å². The Morgan fingerprint density at radius 2 is 1.97 bits per heavy atom. The number of aromatic nitrogens is 2. The number of carbonyl (C=O) groups excluding carboxylic acids is 1. The average molecular weight is 481 g/mol. The van der Waals surface area contributed by atoms with Gasteiger partial charge >= 0.3 is 0 Å². The normalized spacial score (nSPS) is 15.0. The van der Waals surface area contributed by atoms with Crippen molar-refractivity contribution in [3.63, 3.8) is 0 Å². The van der Waals surface area contributed by atoms with Gasteiger partial charge in [0.25, 0.3) is 11.5 Å². The molecule has 33 heavy (non-hydrogen) atoms. The molecular weight excluding hydrogens is 456 g/mol. The predicted octanol–water partition coefficient (Wildman–Crippen LogP) is 4.32. The molecule has 170 valence electrons. The highest BCUT2D eigenvalue weighted by atomic mass is 32.2. The fraction of sp³-hybridized carbons (Fsp3) is 0.250. The number of nitrogens with zero attached hydrogens (tertiary/aromatic N) is 3. The van der Waals surface area contributed by atoms with Crippen LogP contribution in [0.2, 0.25) is 0 Å². The van der Waals surface area contributed by atoms with E-state index in [2.05, 4.69) is 17.2 Å². The second-order valence-electron chi connectivity index (χ2n) is 7.50. The van der Waals surface area contributed by atoms with Crippen molar-refractivity contribution >= 4 is 51.7 Å². The van der Waals surface area contributed by atoms with Crippen molar-refractivity contribution in [2.45, 2.75) is 26.3 Å². The summed E-state index contributed by atoms with van der Waals surface area (Å²) in [6, 6.07) is 13.0. The lowest BCUT2D eigenvalue weighted by Crippen LogP contribution is -2.29. The van der Waals surface area contributed by atoms with Gasteiger partial charge in [-0.15, -0.1) is 0 Å². The first-order valence-electron chi connectivity index (χ1n) is 10.7. The summed E-state index contributed by atoms with van der Waals surface area (Å²) in [5.74, 6) is 1.02. The number of hydrogen-bond donors (Lipinski definition) is 1. The van der Waals surface area contributed by atoms with Gasteiger partial charge in [0.2, 0.25) is 0 Å². The number of thiocarbonyl (C=S) groups is 1. The number of ether oxygens (including phenoxy) is 1. The summed E-state index contributed by atoms with van der Waals surface area (Å²) in [7, 11) is 1.62. The fourth-order valence-electron chi connectivity index (χ4n) is 3.44. The zero-order valence-electron chi connectivity index (χ0n) is 18.4. The lowest BCUT2D eigenvalue weighted by atomic mass is 10.2. The monoisotopic (exact) mass is 480 g/mol. The lowest BCUT2D eigenvalue weighted by Gasteiger charge is -2.13. The summed E-state index contributed by atoms with van der Waals surface area (Å²) in [5.41, 5.74) is 1.59. The van der Waals surface area contributed by atoms with Gasteiger partial charge in [-0.1, -0.05) is 55.5 Å². The molecular formula is C24H24N4O3S2. The average Bonchev–Trinajstić information content (AvgIpc) is 3.10. The van der Waals surface area contributed by atoms with Crippen molar-refractivity contribution in [3.05, 3.63) is 75.0 Å². The van der Waals surface area contributed by atoms with E-state index in [1.165, 1.54) is 16.2 Å². The second kappa shape index (κ2) is 10.2. The molecule has 9 heteroatoms. The van der Waals surface area contributed by atoms with Crippen LogP contribution in [0.25, 0.3) is 11.7 Å². The van der Waals surface area contributed by atoms with Crippen LogP contribution in [0, 0.1) is 0 Å². The van der Waals surface area contributed by atoms with Gasteiger partial charge in [0.15, 0.2) is 0 Å². The van der Waals surface area contributed by atoms with E-state index in [1.54, 1.807) is 36.4 Å². The van der Waals surface area contributed by atoms with Gasteiger partial charge in [-0.3, -0.25) is 18.9 Å². The van der Waals surface area contributed by atoms with E-state index in [1.807, 2.05) is 30.3 Å². The minimum Gasteiger partial charge on any atom is -0.497 e. The lowest BCUT2D eigenvalue weighted by molar-refractivity contribution is -0.122. The number of carbonyl (C=O) groups is 1. The third-order valence-corrected chi connectivity index (χ3v) is 6.65. The Bertz CT molecular complexity index is 1290. The third-order valence-electron chi connectivity index (χ3n) is 5.27. The molecule has 4 rings (SSSR count). The van der Waals surface area contributed by atoms with Crippen LogP contribution >= 0.6 is 24.0 Å². The first kappa shape index (κ1) is 23.0. The topological polar surface area (TPSA) is 75.9 Å². The smallest absolute Gasteiger partial charge is 0.267 e. The van der Waals surface area contributed by atoms with Crippen LogP contribution in [0.5, 0.6) is 5.75 Å². The molecule has 7 nitrogen and oxygen atoms in total. The highest BCUT2D eigenvalue weighted by molar-refractivity contribution is 8.26. The number of anilines is 1. The Balaban J connectivity index is 1.71. The van der Waals surface area contributed by atoms with E-state index in [0.29, 0.717) is 39.3 Å². The molecule has 0 aliphatic carbocycles. The minimum atomic E-state index is -0.253. The van der Waals surface area contributed by atoms with E-state index < -0.39 is 0 Å². The van der Waals surface area contributed by atoms with Crippen molar-refractivity contribution in [3.8, 4) is 5.75 Å². The maximum atomic E-state index is 13.3. The highest BCUT2D eigenvalue weighted by Crippen LogP contribution is 2.33. The van der Waals surface area contributed by atoms with Gasteiger partial charge in [-0.25, -0.2) is 4.98 Å². The van der Waals surface area contributed by atoms with E-state index in [4.69, 9.17) is 17.0 Å². The summed E-state index contributed by atoms with van der Waals surface area (Å²) in [6.45, 7) is 3.10. The van der Waals surface area contributed by atoms with E-state index in [9.17, 15) is 9.59 Å². The number of benzene rings is 1. The molecule has 0 spiro atoms. The highest BCUT2D eigenvalue weighted by Gasteiger charge is 2.32. The maximum Gasteiger partial charge on any atom is 0.267 e. The molecule has 3 heterocycles. The molecule has 1 aromatic carbocycles. The molecule has 0 radical (unpaired) electrons. The number of fused-ring (bicyclic) bond motifs is 1. The predicted molar refractivity (Wildman–Crippen MR) is 137 cm³/mol. The zero-order chi connectivity index (χ0) is 23.4. The van der Waals surface area contributed by atoms with Crippen LogP contribution in [0.15, 0.2) is 58.4 Å². The number of pyridine rings is 1. The molecule has 2 aromatic heterocycles. The molecule has 1 aliphatic heterocycles.